The van der Waals surface area contributed by atoms with Crippen molar-refractivity contribution in [1.29, 1.82) is 0 Å². The summed E-state index contributed by atoms with van der Waals surface area (Å²) in [6.07, 6.45) is 0.768. The zero-order chi connectivity index (χ0) is 13.7. The molecule has 0 aliphatic rings. The third-order valence-electron chi connectivity index (χ3n) is 3.39. The summed E-state index contributed by atoms with van der Waals surface area (Å²) in [6, 6.07) is 8.26. The van der Waals surface area contributed by atoms with Crippen molar-refractivity contribution in [3.8, 4) is 0 Å². The molecule has 0 spiro atoms. The summed E-state index contributed by atoms with van der Waals surface area (Å²) in [5.41, 5.74) is 2.40. The predicted octanol–water partition coefficient (Wildman–Crippen LogP) is 2.80. The van der Waals surface area contributed by atoms with Crippen LogP contribution < -0.4 is 0 Å². The van der Waals surface area contributed by atoms with Crippen LogP contribution in [0.1, 0.15) is 30.5 Å². The van der Waals surface area contributed by atoms with E-state index >= 15 is 0 Å². The second-order valence-corrected chi connectivity index (χ2v) is 4.80. The molecule has 0 fully saturated rings. The summed E-state index contributed by atoms with van der Waals surface area (Å²) >= 11 is 0. The second kappa shape index (κ2) is 6.55. The number of carbonyl (C=O) groups excluding carboxylic acids is 1. The van der Waals surface area contributed by atoms with E-state index in [-0.39, 0.29) is 17.9 Å². The summed E-state index contributed by atoms with van der Waals surface area (Å²) in [5, 5.41) is 0. The predicted molar refractivity (Wildman–Crippen MR) is 73.4 cm³/mol. The van der Waals surface area contributed by atoms with Gasteiger partial charge >= 0.3 is 5.97 Å². The molecule has 0 N–H and O–H groups in total. The molecule has 0 amide bonds. The van der Waals surface area contributed by atoms with E-state index in [1.807, 2.05) is 33.2 Å². The second-order valence-electron chi connectivity index (χ2n) is 4.80. The molecule has 1 aromatic rings. The SMILES string of the molecule is CCC(C(=O)OC)C(c1ccccc1C)N(C)C. The molecule has 0 bridgehead atoms. The van der Waals surface area contributed by atoms with Gasteiger partial charge in [0, 0.05) is 6.04 Å². The number of esters is 1. The Kier molecular flexibility index (Phi) is 5.35. The van der Waals surface area contributed by atoms with E-state index in [1.165, 1.54) is 18.2 Å². The van der Waals surface area contributed by atoms with Crippen LogP contribution in [0.25, 0.3) is 0 Å². The molecule has 1 rings (SSSR count). The van der Waals surface area contributed by atoms with Crippen LogP contribution >= 0.6 is 0 Å². The number of carbonyl (C=O) groups is 1. The van der Waals surface area contributed by atoms with Gasteiger partial charge in [0.2, 0.25) is 0 Å². The molecule has 18 heavy (non-hydrogen) atoms. The molecular formula is C15H23NO2. The molecule has 2 atom stereocenters. The number of ether oxygens (including phenoxy) is 1. The smallest absolute Gasteiger partial charge is 0.310 e. The first-order chi connectivity index (χ1) is 8.52. The van der Waals surface area contributed by atoms with Crippen molar-refractivity contribution in [3.05, 3.63) is 35.4 Å². The Bertz CT molecular complexity index is 401. The summed E-state index contributed by atoms with van der Waals surface area (Å²) in [5.74, 6) is -0.273. The molecule has 2 unspecified atom stereocenters. The number of aryl methyl sites for hydroxylation is 1. The first-order valence-corrected chi connectivity index (χ1v) is 6.32. The minimum atomic E-state index is -0.139. The van der Waals surface area contributed by atoms with E-state index in [4.69, 9.17) is 4.74 Å². The Morgan fingerprint density at radius 3 is 2.39 bits per heavy atom. The monoisotopic (exact) mass is 249 g/mol. The molecule has 0 heterocycles. The number of hydrogen-bond donors (Lipinski definition) is 0. The molecule has 0 saturated heterocycles. The lowest BCUT2D eigenvalue weighted by molar-refractivity contribution is -0.148. The van der Waals surface area contributed by atoms with Gasteiger partial charge in [-0.2, -0.15) is 0 Å². The quantitative estimate of drug-likeness (QED) is 0.752. The van der Waals surface area contributed by atoms with Crippen molar-refractivity contribution in [2.75, 3.05) is 21.2 Å². The molecule has 0 aromatic heterocycles. The van der Waals surface area contributed by atoms with Crippen LogP contribution in [0, 0.1) is 12.8 Å². The van der Waals surface area contributed by atoms with E-state index in [2.05, 4.69) is 24.0 Å². The van der Waals surface area contributed by atoms with Crippen molar-refractivity contribution < 1.29 is 9.53 Å². The van der Waals surface area contributed by atoms with E-state index in [9.17, 15) is 4.79 Å². The number of benzene rings is 1. The average molecular weight is 249 g/mol. The lowest BCUT2D eigenvalue weighted by atomic mass is 9.88. The fourth-order valence-corrected chi connectivity index (χ4v) is 2.44. The Labute approximate surface area is 110 Å². The maximum atomic E-state index is 11.9. The molecule has 100 valence electrons. The van der Waals surface area contributed by atoms with Gasteiger partial charge in [-0.05, 0) is 38.6 Å². The van der Waals surface area contributed by atoms with Crippen LogP contribution in [0.4, 0.5) is 0 Å². The van der Waals surface area contributed by atoms with Crippen LogP contribution in [-0.4, -0.2) is 32.1 Å². The zero-order valence-electron chi connectivity index (χ0n) is 11.9. The fourth-order valence-electron chi connectivity index (χ4n) is 2.44. The van der Waals surface area contributed by atoms with E-state index in [0.717, 1.165) is 6.42 Å². The van der Waals surface area contributed by atoms with E-state index in [1.54, 1.807) is 0 Å². The van der Waals surface area contributed by atoms with E-state index < -0.39 is 0 Å². The summed E-state index contributed by atoms with van der Waals surface area (Å²) < 4.78 is 4.93. The Morgan fingerprint density at radius 2 is 1.94 bits per heavy atom. The highest BCUT2D eigenvalue weighted by atomic mass is 16.5. The maximum Gasteiger partial charge on any atom is 0.310 e. The fraction of sp³-hybridized carbons (Fsp3) is 0.533. The minimum absolute atomic E-state index is 0.0589. The summed E-state index contributed by atoms with van der Waals surface area (Å²) in [7, 11) is 5.46. The first kappa shape index (κ1) is 14.7. The van der Waals surface area contributed by atoms with Crippen LogP contribution in [-0.2, 0) is 9.53 Å². The van der Waals surface area contributed by atoms with Gasteiger partial charge in [-0.25, -0.2) is 0 Å². The van der Waals surface area contributed by atoms with Crippen LogP contribution in [0.3, 0.4) is 0 Å². The molecule has 1 aromatic carbocycles. The molecule has 3 heteroatoms. The van der Waals surface area contributed by atoms with Gasteiger partial charge in [-0.3, -0.25) is 4.79 Å². The first-order valence-electron chi connectivity index (χ1n) is 6.32. The standard InChI is InChI=1S/C15H23NO2/c1-6-12(15(17)18-5)14(16(3)4)13-10-8-7-9-11(13)2/h7-10,12,14H,6H2,1-5H3. The largest absolute Gasteiger partial charge is 0.469 e. The van der Waals surface area contributed by atoms with Crippen LogP contribution in [0.15, 0.2) is 24.3 Å². The molecule has 0 radical (unpaired) electrons. The van der Waals surface area contributed by atoms with Gasteiger partial charge in [-0.1, -0.05) is 31.2 Å². The van der Waals surface area contributed by atoms with Crippen LogP contribution in [0.5, 0.6) is 0 Å². The number of methoxy groups -OCH3 is 1. The van der Waals surface area contributed by atoms with Gasteiger partial charge in [0.15, 0.2) is 0 Å². The number of rotatable bonds is 5. The highest BCUT2D eigenvalue weighted by molar-refractivity contribution is 5.73. The lowest BCUT2D eigenvalue weighted by Crippen LogP contribution is -2.33. The Hall–Kier alpha value is -1.35. The third kappa shape index (κ3) is 3.10. The molecule has 0 saturated carbocycles. The number of hydrogen-bond acceptors (Lipinski definition) is 3. The van der Waals surface area contributed by atoms with Crippen molar-refractivity contribution in [2.45, 2.75) is 26.3 Å². The molecule has 0 aliphatic carbocycles. The highest BCUT2D eigenvalue weighted by Gasteiger charge is 2.31. The molecule has 0 aliphatic heterocycles. The normalized spacial score (nSPS) is 14.3. The van der Waals surface area contributed by atoms with Crippen molar-refractivity contribution in [2.24, 2.45) is 5.92 Å². The maximum absolute atomic E-state index is 11.9. The zero-order valence-corrected chi connectivity index (χ0v) is 11.9. The topological polar surface area (TPSA) is 29.5 Å². The average Bonchev–Trinajstić information content (AvgIpc) is 2.35. The Morgan fingerprint density at radius 1 is 1.33 bits per heavy atom. The van der Waals surface area contributed by atoms with Gasteiger partial charge in [0.05, 0.1) is 13.0 Å². The lowest BCUT2D eigenvalue weighted by Gasteiger charge is -2.31. The van der Waals surface area contributed by atoms with Crippen molar-refractivity contribution in [1.82, 2.24) is 4.90 Å². The Balaban J connectivity index is 3.17. The number of nitrogens with zero attached hydrogens (tertiary/aromatic N) is 1. The van der Waals surface area contributed by atoms with Crippen molar-refractivity contribution >= 4 is 5.97 Å². The van der Waals surface area contributed by atoms with Crippen molar-refractivity contribution in [3.63, 3.8) is 0 Å². The summed E-state index contributed by atoms with van der Waals surface area (Å²) in [6.45, 7) is 4.10. The van der Waals surface area contributed by atoms with E-state index in [0.29, 0.717) is 0 Å². The third-order valence-corrected chi connectivity index (χ3v) is 3.39. The minimum Gasteiger partial charge on any atom is -0.469 e. The highest BCUT2D eigenvalue weighted by Crippen LogP contribution is 2.31. The summed E-state index contributed by atoms with van der Waals surface area (Å²) in [4.78, 5) is 14.0. The van der Waals surface area contributed by atoms with Gasteiger partial charge in [0.1, 0.15) is 0 Å². The molecular weight excluding hydrogens is 226 g/mol. The van der Waals surface area contributed by atoms with Gasteiger partial charge in [0.25, 0.3) is 0 Å². The van der Waals surface area contributed by atoms with Gasteiger partial charge in [-0.15, -0.1) is 0 Å². The van der Waals surface area contributed by atoms with Crippen LogP contribution in [0.2, 0.25) is 0 Å². The van der Waals surface area contributed by atoms with Gasteiger partial charge < -0.3 is 9.64 Å². The molecule has 3 nitrogen and oxygen atoms in total.